The van der Waals surface area contributed by atoms with Gasteiger partial charge < -0.3 is 19.5 Å². The minimum Gasteiger partial charge on any atom is -0.454 e. The highest BCUT2D eigenvalue weighted by atomic mass is 32.1. The Bertz CT molecular complexity index is 500. The molecule has 0 fully saturated rings. The number of benzene rings is 1. The Hall–Kier alpha value is -1.53. The first-order valence-corrected chi connectivity index (χ1v) is 6.11. The predicted molar refractivity (Wildman–Crippen MR) is 66.1 cm³/mol. The van der Waals surface area contributed by atoms with Crippen LogP contribution in [0.4, 0.5) is 5.13 Å². The van der Waals surface area contributed by atoms with Crippen molar-refractivity contribution in [2.24, 2.45) is 0 Å². The summed E-state index contributed by atoms with van der Waals surface area (Å²) in [5.74, 6) is 1.57. The number of rotatable bonds is 4. The minimum atomic E-state index is 0.297. The minimum absolute atomic E-state index is 0.297. The Kier molecular flexibility index (Phi) is 2.74. The Balaban J connectivity index is 1.86. The molecule has 0 amide bonds. The summed E-state index contributed by atoms with van der Waals surface area (Å²) in [4.78, 5) is 4.48. The highest BCUT2D eigenvalue weighted by molar-refractivity contribution is 7.22. The van der Waals surface area contributed by atoms with Crippen molar-refractivity contribution in [2.45, 2.75) is 0 Å². The maximum atomic E-state index is 5.33. The molecule has 0 radical (unpaired) electrons. The van der Waals surface area contributed by atoms with Gasteiger partial charge in [0.2, 0.25) is 6.79 Å². The normalized spacial score (nSPS) is 13.2. The van der Waals surface area contributed by atoms with Crippen LogP contribution in [0.15, 0.2) is 12.1 Å². The lowest BCUT2D eigenvalue weighted by molar-refractivity contribution is 0.174. The van der Waals surface area contributed by atoms with E-state index in [1.165, 1.54) is 0 Å². The molecule has 0 unspecified atom stereocenters. The van der Waals surface area contributed by atoms with Crippen molar-refractivity contribution in [2.75, 3.05) is 32.4 Å². The SMILES string of the molecule is COCCNc1nc2cc3c(cc2s1)OCO3. The van der Waals surface area contributed by atoms with Crippen LogP contribution < -0.4 is 14.8 Å². The highest BCUT2D eigenvalue weighted by Gasteiger charge is 2.16. The molecular weight excluding hydrogens is 240 g/mol. The van der Waals surface area contributed by atoms with Gasteiger partial charge in [0.05, 0.1) is 16.8 Å². The maximum absolute atomic E-state index is 5.33. The molecule has 0 bridgehead atoms. The molecule has 0 saturated carbocycles. The van der Waals surface area contributed by atoms with Gasteiger partial charge >= 0.3 is 0 Å². The summed E-state index contributed by atoms with van der Waals surface area (Å²) in [6, 6.07) is 3.88. The van der Waals surface area contributed by atoms with Gasteiger partial charge in [-0.1, -0.05) is 11.3 Å². The van der Waals surface area contributed by atoms with Crippen molar-refractivity contribution < 1.29 is 14.2 Å². The number of nitrogens with one attached hydrogen (secondary N) is 1. The van der Waals surface area contributed by atoms with Gasteiger partial charge in [0.25, 0.3) is 0 Å². The summed E-state index contributed by atoms with van der Waals surface area (Å²) in [5.41, 5.74) is 0.930. The van der Waals surface area contributed by atoms with E-state index in [2.05, 4.69) is 10.3 Å². The average Bonchev–Trinajstić information content (AvgIpc) is 2.90. The highest BCUT2D eigenvalue weighted by Crippen LogP contribution is 2.38. The Labute approximate surface area is 102 Å². The summed E-state index contributed by atoms with van der Waals surface area (Å²) < 4.78 is 16.7. The van der Waals surface area contributed by atoms with E-state index in [-0.39, 0.29) is 0 Å². The molecule has 0 spiro atoms. The summed E-state index contributed by atoms with van der Waals surface area (Å²) in [6.07, 6.45) is 0. The van der Waals surface area contributed by atoms with E-state index >= 15 is 0 Å². The molecular formula is C11H12N2O3S. The largest absolute Gasteiger partial charge is 0.454 e. The second-order valence-corrected chi connectivity index (χ2v) is 4.64. The zero-order chi connectivity index (χ0) is 11.7. The van der Waals surface area contributed by atoms with Gasteiger partial charge in [-0.05, 0) is 0 Å². The first kappa shape index (κ1) is 10.6. The number of hydrogen-bond donors (Lipinski definition) is 1. The van der Waals surface area contributed by atoms with Crippen molar-refractivity contribution in [1.82, 2.24) is 4.98 Å². The van der Waals surface area contributed by atoms with E-state index in [1.54, 1.807) is 18.4 Å². The molecule has 17 heavy (non-hydrogen) atoms. The van der Waals surface area contributed by atoms with Gasteiger partial charge in [0.15, 0.2) is 16.6 Å². The lowest BCUT2D eigenvalue weighted by atomic mass is 10.3. The van der Waals surface area contributed by atoms with E-state index in [0.29, 0.717) is 13.4 Å². The quantitative estimate of drug-likeness (QED) is 0.844. The van der Waals surface area contributed by atoms with Crippen molar-refractivity contribution in [3.8, 4) is 11.5 Å². The molecule has 1 aliphatic heterocycles. The molecule has 6 heteroatoms. The zero-order valence-electron chi connectivity index (χ0n) is 9.36. The van der Waals surface area contributed by atoms with Crippen LogP contribution in [0.2, 0.25) is 0 Å². The second-order valence-electron chi connectivity index (χ2n) is 3.61. The van der Waals surface area contributed by atoms with E-state index in [1.807, 2.05) is 12.1 Å². The smallest absolute Gasteiger partial charge is 0.231 e. The van der Waals surface area contributed by atoms with Gasteiger partial charge in [-0.15, -0.1) is 0 Å². The second kappa shape index (κ2) is 4.38. The van der Waals surface area contributed by atoms with Crippen LogP contribution in [0.1, 0.15) is 0 Å². The Morgan fingerprint density at radius 1 is 1.41 bits per heavy atom. The molecule has 90 valence electrons. The molecule has 0 saturated heterocycles. The zero-order valence-corrected chi connectivity index (χ0v) is 10.2. The van der Waals surface area contributed by atoms with Crippen LogP contribution in [-0.2, 0) is 4.74 Å². The molecule has 0 aliphatic carbocycles. The van der Waals surface area contributed by atoms with Gasteiger partial charge in [0.1, 0.15) is 0 Å². The molecule has 2 aromatic rings. The standard InChI is InChI=1S/C11H12N2O3S/c1-14-3-2-12-11-13-7-4-8-9(16-6-15-8)5-10(7)17-11/h4-5H,2-3,6H2,1H3,(H,12,13). The van der Waals surface area contributed by atoms with Crippen LogP contribution in [0, 0.1) is 0 Å². The number of nitrogens with zero attached hydrogens (tertiary/aromatic N) is 1. The van der Waals surface area contributed by atoms with E-state index < -0.39 is 0 Å². The van der Waals surface area contributed by atoms with Crippen LogP contribution >= 0.6 is 11.3 Å². The number of thiazole rings is 1. The molecule has 0 atom stereocenters. The van der Waals surface area contributed by atoms with E-state index in [9.17, 15) is 0 Å². The van der Waals surface area contributed by atoms with Gasteiger partial charge in [0, 0.05) is 25.8 Å². The fourth-order valence-electron chi connectivity index (χ4n) is 1.65. The topological polar surface area (TPSA) is 52.6 Å². The van der Waals surface area contributed by atoms with Crippen LogP contribution in [0.25, 0.3) is 10.2 Å². The molecule has 3 rings (SSSR count). The number of aromatic nitrogens is 1. The lowest BCUT2D eigenvalue weighted by Crippen LogP contribution is -2.06. The van der Waals surface area contributed by atoms with E-state index in [0.717, 1.165) is 33.4 Å². The van der Waals surface area contributed by atoms with Gasteiger partial charge in [-0.25, -0.2) is 4.98 Å². The fourth-order valence-corrected chi connectivity index (χ4v) is 2.56. The summed E-state index contributed by atoms with van der Waals surface area (Å²) in [5, 5.41) is 4.10. The van der Waals surface area contributed by atoms with E-state index in [4.69, 9.17) is 14.2 Å². The van der Waals surface area contributed by atoms with Crippen LogP contribution in [-0.4, -0.2) is 32.0 Å². The summed E-state index contributed by atoms with van der Waals surface area (Å²) in [7, 11) is 1.68. The monoisotopic (exact) mass is 252 g/mol. The molecule has 1 aromatic carbocycles. The number of methoxy groups -OCH3 is 1. The fraction of sp³-hybridized carbons (Fsp3) is 0.364. The van der Waals surface area contributed by atoms with Crippen molar-refractivity contribution in [1.29, 1.82) is 0 Å². The Morgan fingerprint density at radius 2 is 2.24 bits per heavy atom. The van der Waals surface area contributed by atoms with Crippen molar-refractivity contribution in [3.63, 3.8) is 0 Å². The number of hydrogen-bond acceptors (Lipinski definition) is 6. The number of anilines is 1. The molecule has 2 heterocycles. The van der Waals surface area contributed by atoms with Gasteiger partial charge in [-0.2, -0.15) is 0 Å². The first-order valence-electron chi connectivity index (χ1n) is 5.30. The molecule has 5 nitrogen and oxygen atoms in total. The van der Waals surface area contributed by atoms with Gasteiger partial charge in [-0.3, -0.25) is 0 Å². The average molecular weight is 252 g/mol. The number of fused-ring (bicyclic) bond motifs is 2. The first-order chi connectivity index (χ1) is 8.36. The summed E-state index contributed by atoms with van der Waals surface area (Å²) >= 11 is 1.60. The molecule has 1 aliphatic rings. The molecule has 1 N–H and O–H groups in total. The van der Waals surface area contributed by atoms with Crippen LogP contribution in [0.3, 0.4) is 0 Å². The van der Waals surface area contributed by atoms with Crippen molar-refractivity contribution >= 4 is 26.7 Å². The van der Waals surface area contributed by atoms with Crippen molar-refractivity contribution in [3.05, 3.63) is 12.1 Å². The lowest BCUT2D eigenvalue weighted by Gasteiger charge is -1.99. The summed E-state index contributed by atoms with van der Waals surface area (Å²) in [6.45, 7) is 1.72. The third-order valence-corrected chi connectivity index (χ3v) is 3.44. The predicted octanol–water partition coefficient (Wildman–Crippen LogP) is 2.08. The molecule has 1 aromatic heterocycles. The maximum Gasteiger partial charge on any atom is 0.231 e. The third-order valence-electron chi connectivity index (χ3n) is 2.47. The number of ether oxygens (including phenoxy) is 3. The van der Waals surface area contributed by atoms with Crippen LogP contribution in [0.5, 0.6) is 11.5 Å². The third kappa shape index (κ3) is 2.01. The Morgan fingerprint density at radius 3 is 3.06 bits per heavy atom.